The van der Waals surface area contributed by atoms with Gasteiger partial charge >= 0.3 is 0 Å². The van der Waals surface area contributed by atoms with E-state index < -0.39 is 0 Å². The number of hydrogen-bond donors (Lipinski definition) is 2. The lowest BCUT2D eigenvalue weighted by Gasteiger charge is -2.26. The Balaban J connectivity index is 2.04. The first kappa shape index (κ1) is 15.3. The smallest absolute Gasteiger partial charge is 0.0515 e. The molecule has 1 heterocycles. The van der Waals surface area contributed by atoms with Crippen molar-refractivity contribution in [3.05, 3.63) is 60.2 Å². The van der Waals surface area contributed by atoms with Gasteiger partial charge in [0, 0.05) is 37.1 Å². The van der Waals surface area contributed by atoms with E-state index >= 15 is 0 Å². The Morgan fingerprint density at radius 1 is 1.20 bits per heavy atom. The third-order valence-corrected chi connectivity index (χ3v) is 3.84. The Kier molecular flexibility index (Phi) is 5.80. The number of hydrazine groups is 1. The zero-order valence-corrected chi connectivity index (χ0v) is 12.4. The highest BCUT2D eigenvalue weighted by Gasteiger charge is 2.29. The summed E-state index contributed by atoms with van der Waals surface area (Å²) in [6.07, 6.45) is 3.88. The molecule has 0 spiro atoms. The normalized spacial score (nSPS) is 22.1. The molecule has 1 fully saturated rings. The van der Waals surface area contributed by atoms with Gasteiger partial charge in [0.1, 0.15) is 0 Å². The van der Waals surface area contributed by atoms with Crippen molar-refractivity contribution in [1.82, 2.24) is 15.8 Å². The molecular formula is C16H22ClN3. The maximum absolute atomic E-state index is 5.96. The van der Waals surface area contributed by atoms with Gasteiger partial charge in [0.25, 0.3) is 0 Å². The number of halogens is 1. The second-order valence-corrected chi connectivity index (χ2v) is 5.55. The molecule has 1 saturated heterocycles. The molecule has 1 aliphatic heterocycles. The average Bonchev–Trinajstić information content (AvgIpc) is 2.88. The van der Waals surface area contributed by atoms with Crippen LogP contribution in [-0.2, 0) is 0 Å². The lowest BCUT2D eigenvalue weighted by Crippen LogP contribution is -2.33. The van der Waals surface area contributed by atoms with Crippen molar-refractivity contribution in [3.63, 3.8) is 0 Å². The minimum Gasteiger partial charge on any atom is -0.296 e. The van der Waals surface area contributed by atoms with E-state index in [2.05, 4.69) is 41.0 Å². The standard InChI is InChI=1S/C16H22ClN3/c1-3-9-20(10-4-2)12-14-11-18-19-16(14)13-5-7-15(17)8-6-13/h3-8,14,16,18-19H,1-2,9-12H2. The highest BCUT2D eigenvalue weighted by atomic mass is 35.5. The van der Waals surface area contributed by atoms with Crippen LogP contribution in [0.1, 0.15) is 11.6 Å². The van der Waals surface area contributed by atoms with Crippen LogP contribution >= 0.6 is 11.6 Å². The maximum Gasteiger partial charge on any atom is 0.0515 e. The van der Waals surface area contributed by atoms with Crippen LogP contribution in [0.25, 0.3) is 0 Å². The van der Waals surface area contributed by atoms with Gasteiger partial charge in [-0.05, 0) is 17.7 Å². The average molecular weight is 292 g/mol. The van der Waals surface area contributed by atoms with E-state index in [-0.39, 0.29) is 0 Å². The van der Waals surface area contributed by atoms with Crippen molar-refractivity contribution in [2.24, 2.45) is 5.92 Å². The summed E-state index contributed by atoms with van der Waals surface area (Å²) in [5.41, 5.74) is 7.89. The summed E-state index contributed by atoms with van der Waals surface area (Å²) < 4.78 is 0. The van der Waals surface area contributed by atoms with Gasteiger partial charge in [0.2, 0.25) is 0 Å². The summed E-state index contributed by atoms with van der Waals surface area (Å²) in [4.78, 5) is 2.35. The van der Waals surface area contributed by atoms with Crippen LogP contribution in [0.2, 0.25) is 5.02 Å². The number of benzene rings is 1. The van der Waals surface area contributed by atoms with Crippen molar-refractivity contribution in [2.75, 3.05) is 26.2 Å². The van der Waals surface area contributed by atoms with Gasteiger partial charge in [-0.1, -0.05) is 35.9 Å². The third-order valence-electron chi connectivity index (χ3n) is 3.59. The van der Waals surface area contributed by atoms with E-state index in [1.165, 1.54) is 5.56 Å². The van der Waals surface area contributed by atoms with Crippen molar-refractivity contribution in [2.45, 2.75) is 6.04 Å². The molecule has 0 radical (unpaired) electrons. The highest BCUT2D eigenvalue weighted by Crippen LogP contribution is 2.26. The molecule has 108 valence electrons. The van der Waals surface area contributed by atoms with E-state index in [1.807, 2.05) is 24.3 Å². The molecule has 0 aromatic heterocycles. The largest absolute Gasteiger partial charge is 0.296 e. The fraction of sp³-hybridized carbons (Fsp3) is 0.375. The predicted octanol–water partition coefficient (Wildman–Crippen LogP) is 2.78. The monoisotopic (exact) mass is 291 g/mol. The van der Waals surface area contributed by atoms with Gasteiger partial charge in [-0.15, -0.1) is 13.2 Å². The third kappa shape index (κ3) is 3.93. The summed E-state index contributed by atoms with van der Waals surface area (Å²) in [6.45, 7) is 11.4. The Hall–Kier alpha value is -1.13. The van der Waals surface area contributed by atoms with Crippen LogP contribution in [0.3, 0.4) is 0 Å². The number of nitrogens with zero attached hydrogens (tertiary/aromatic N) is 1. The number of hydrogen-bond acceptors (Lipinski definition) is 3. The molecule has 2 rings (SSSR count). The first-order chi connectivity index (χ1) is 9.74. The van der Waals surface area contributed by atoms with Crippen molar-refractivity contribution < 1.29 is 0 Å². The second-order valence-electron chi connectivity index (χ2n) is 5.11. The predicted molar refractivity (Wildman–Crippen MR) is 85.7 cm³/mol. The zero-order chi connectivity index (χ0) is 14.4. The zero-order valence-electron chi connectivity index (χ0n) is 11.7. The van der Waals surface area contributed by atoms with Crippen LogP contribution in [-0.4, -0.2) is 31.1 Å². The molecule has 0 saturated carbocycles. The van der Waals surface area contributed by atoms with Gasteiger partial charge < -0.3 is 0 Å². The Morgan fingerprint density at radius 2 is 1.85 bits per heavy atom. The molecule has 1 aromatic carbocycles. The summed E-state index contributed by atoms with van der Waals surface area (Å²) in [5, 5.41) is 0.774. The van der Waals surface area contributed by atoms with Crippen LogP contribution in [0.4, 0.5) is 0 Å². The molecule has 1 aliphatic rings. The first-order valence-corrected chi connectivity index (χ1v) is 7.30. The fourth-order valence-corrected chi connectivity index (χ4v) is 2.78. The maximum atomic E-state index is 5.96. The van der Waals surface area contributed by atoms with Gasteiger partial charge in [-0.3, -0.25) is 10.3 Å². The quantitative estimate of drug-likeness (QED) is 0.757. The summed E-state index contributed by atoms with van der Waals surface area (Å²) >= 11 is 5.96. The van der Waals surface area contributed by atoms with Gasteiger partial charge in [-0.25, -0.2) is 5.43 Å². The summed E-state index contributed by atoms with van der Waals surface area (Å²) in [7, 11) is 0. The Labute approximate surface area is 126 Å². The minimum absolute atomic E-state index is 0.310. The molecule has 0 amide bonds. The molecule has 2 N–H and O–H groups in total. The first-order valence-electron chi connectivity index (χ1n) is 6.92. The lowest BCUT2D eigenvalue weighted by molar-refractivity contribution is 0.268. The summed E-state index contributed by atoms with van der Waals surface area (Å²) in [6, 6.07) is 8.37. The molecule has 20 heavy (non-hydrogen) atoms. The van der Waals surface area contributed by atoms with Crippen LogP contribution in [0.15, 0.2) is 49.6 Å². The van der Waals surface area contributed by atoms with Crippen molar-refractivity contribution in [3.8, 4) is 0 Å². The van der Waals surface area contributed by atoms with Crippen molar-refractivity contribution in [1.29, 1.82) is 0 Å². The molecule has 3 nitrogen and oxygen atoms in total. The van der Waals surface area contributed by atoms with E-state index in [0.29, 0.717) is 12.0 Å². The molecule has 2 unspecified atom stereocenters. The molecule has 0 bridgehead atoms. The Morgan fingerprint density at radius 3 is 2.45 bits per heavy atom. The summed E-state index contributed by atoms with van der Waals surface area (Å²) in [5.74, 6) is 0.510. The Bertz CT molecular complexity index is 434. The molecule has 1 aromatic rings. The topological polar surface area (TPSA) is 27.3 Å². The SMILES string of the molecule is C=CCN(CC=C)CC1CNNC1c1ccc(Cl)cc1. The minimum atomic E-state index is 0.310. The van der Waals surface area contributed by atoms with E-state index in [4.69, 9.17) is 11.6 Å². The molecular weight excluding hydrogens is 270 g/mol. The van der Waals surface area contributed by atoms with Crippen LogP contribution in [0, 0.1) is 5.92 Å². The second kappa shape index (κ2) is 7.60. The van der Waals surface area contributed by atoms with Crippen LogP contribution in [0.5, 0.6) is 0 Å². The lowest BCUT2D eigenvalue weighted by atomic mass is 9.94. The molecule has 2 atom stereocenters. The molecule has 4 heteroatoms. The van der Waals surface area contributed by atoms with E-state index in [1.54, 1.807) is 0 Å². The fourth-order valence-electron chi connectivity index (χ4n) is 2.65. The van der Waals surface area contributed by atoms with Gasteiger partial charge in [0.05, 0.1) is 6.04 Å². The van der Waals surface area contributed by atoms with Crippen LogP contribution < -0.4 is 10.9 Å². The number of nitrogens with one attached hydrogen (secondary N) is 2. The molecule has 0 aliphatic carbocycles. The van der Waals surface area contributed by atoms with Gasteiger partial charge in [0.15, 0.2) is 0 Å². The van der Waals surface area contributed by atoms with Gasteiger partial charge in [-0.2, -0.15) is 0 Å². The highest BCUT2D eigenvalue weighted by molar-refractivity contribution is 6.30. The van der Waals surface area contributed by atoms with Crippen molar-refractivity contribution >= 4 is 11.6 Å². The van der Waals surface area contributed by atoms with E-state index in [0.717, 1.165) is 31.2 Å². The van der Waals surface area contributed by atoms with E-state index in [9.17, 15) is 0 Å². The number of rotatable bonds is 7.